The van der Waals surface area contributed by atoms with E-state index in [-0.39, 0.29) is 23.1 Å². The van der Waals surface area contributed by atoms with Crippen LogP contribution in [-0.4, -0.2) is 61.1 Å². The van der Waals surface area contributed by atoms with E-state index >= 15 is 0 Å². The first-order chi connectivity index (χ1) is 21.2. The first-order valence-corrected chi connectivity index (χ1v) is 16.5. The van der Waals surface area contributed by atoms with Crippen LogP contribution in [0.25, 0.3) is 33.1 Å². The average Bonchev–Trinajstić information content (AvgIpc) is 3.33. The second-order valence-electron chi connectivity index (χ2n) is 11.6. The summed E-state index contributed by atoms with van der Waals surface area (Å²) < 4.78 is 29.2. The van der Waals surface area contributed by atoms with Crippen molar-refractivity contribution in [1.29, 1.82) is 0 Å². The number of H-pyrrole nitrogens is 2. The number of sulfonamides is 1. The molecular weight excluding hydrogens is 580 g/mol. The van der Waals surface area contributed by atoms with E-state index in [1.54, 1.807) is 16.4 Å². The van der Waals surface area contributed by atoms with Crippen molar-refractivity contribution >= 4 is 49.0 Å². The lowest BCUT2D eigenvalue weighted by Gasteiger charge is -2.19. The van der Waals surface area contributed by atoms with Gasteiger partial charge < -0.3 is 23.7 Å². The zero-order chi connectivity index (χ0) is 30.6. The zero-order valence-corrected chi connectivity index (χ0v) is 25.0. The molecule has 11 nitrogen and oxygen atoms in total. The molecule has 8 rings (SSSR count). The molecule has 0 radical (unpaired) electrons. The SMILES string of the molecule is CS(=O)(=O)N(Cc1ccc2[nH]c(=O)c3cccn3c2c1)C1CC1.O=C1CCCN1Cc1ccc2c(c1)[nH]c(=O)c1cccn12. The number of amides is 1. The summed E-state index contributed by atoms with van der Waals surface area (Å²) >= 11 is 0. The van der Waals surface area contributed by atoms with Crippen molar-refractivity contribution in [3.8, 4) is 0 Å². The lowest BCUT2D eigenvalue weighted by atomic mass is 10.2. The van der Waals surface area contributed by atoms with E-state index in [4.69, 9.17) is 0 Å². The van der Waals surface area contributed by atoms with Crippen LogP contribution in [0.2, 0.25) is 0 Å². The first kappa shape index (κ1) is 28.1. The molecule has 1 amide bonds. The Hall–Kier alpha value is -4.68. The minimum atomic E-state index is -3.22. The standard InChI is InChI=1S/C16H17N3O3S.C16H15N3O2/c1-23(21,22)19(12-5-6-12)10-11-4-7-13-15(9-11)18-8-2-3-14(18)16(20)17-13;20-15-4-2-7-18(15)10-11-5-6-13-12(9-11)17-16(21)14-3-1-8-19(13)14/h2-4,7-9,12H,5-6,10H2,1H3,(H,17,20);1,3,5-6,8-9H,2,4,7,10H2,(H,17,21). The highest BCUT2D eigenvalue weighted by atomic mass is 32.2. The number of rotatable bonds is 6. The summed E-state index contributed by atoms with van der Waals surface area (Å²) in [5, 5.41) is 0. The van der Waals surface area contributed by atoms with Crippen LogP contribution >= 0.6 is 0 Å². The van der Waals surface area contributed by atoms with Crippen LogP contribution in [0.15, 0.2) is 82.6 Å². The van der Waals surface area contributed by atoms with Crippen molar-refractivity contribution in [2.75, 3.05) is 12.8 Å². The Labute approximate surface area is 252 Å². The molecule has 6 aromatic rings. The van der Waals surface area contributed by atoms with Crippen LogP contribution in [0, 0.1) is 0 Å². The fraction of sp³-hybridized carbons (Fsp3) is 0.281. The second kappa shape index (κ2) is 10.8. The fourth-order valence-electron chi connectivity index (χ4n) is 6.05. The molecule has 0 spiro atoms. The van der Waals surface area contributed by atoms with Gasteiger partial charge in [0.25, 0.3) is 11.1 Å². The summed E-state index contributed by atoms with van der Waals surface area (Å²) in [5.41, 5.74) is 6.32. The monoisotopic (exact) mass is 612 g/mol. The van der Waals surface area contributed by atoms with Gasteiger partial charge in [-0.15, -0.1) is 0 Å². The van der Waals surface area contributed by atoms with Crippen LogP contribution in [-0.2, 0) is 27.9 Å². The minimum absolute atomic E-state index is 0.0955. The van der Waals surface area contributed by atoms with Crippen LogP contribution < -0.4 is 11.1 Å². The summed E-state index contributed by atoms with van der Waals surface area (Å²) in [7, 11) is -3.22. The summed E-state index contributed by atoms with van der Waals surface area (Å²) in [6.07, 6.45) is 8.42. The number of likely N-dealkylation sites (tertiary alicyclic amines) is 1. The van der Waals surface area contributed by atoms with E-state index in [1.165, 1.54) is 6.26 Å². The second-order valence-corrected chi connectivity index (χ2v) is 13.5. The van der Waals surface area contributed by atoms with E-state index in [0.717, 1.165) is 59.0 Å². The van der Waals surface area contributed by atoms with Crippen LogP contribution in [0.5, 0.6) is 0 Å². The van der Waals surface area contributed by atoms with Crippen LogP contribution in [0.4, 0.5) is 0 Å². The Morgan fingerprint density at radius 3 is 2.09 bits per heavy atom. The third-order valence-electron chi connectivity index (χ3n) is 8.36. The number of fused-ring (bicyclic) bond motifs is 6. The minimum Gasteiger partial charge on any atom is -0.338 e. The maximum absolute atomic E-state index is 12.0. The normalized spacial score (nSPS) is 15.6. The van der Waals surface area contributed by atoms with Gasteiger partial charge in [-0.3, -0.25) is 14.4 Å². The molecule has 0 bridgehead atoms. The summed E-state index contributed by atoms with van der Waals surface area (Å²) in [4.78, 5) is 43.3. The van der Waals surface area contributed by atoms with Crippen LogP contribution in [0.1, 0.15) is 36.8 Å². The number of aromatic amines is 2. The number of hydrogen-bond acceptors (Lipinski definition) is 5. The Morgan fingerprint density at radius 1 is 0.795 bits per heavy atom. The van der Waals surface area contributed by atoms with Crippen molar-refractivity contribution in [3.63, 3.8) is 0 Å². The molecule has 2 N–H and O–H groups in total. The molecule has 5 heterocycles. The van der Waals surface area contributed by atoms with Gasteiger partial charge in [-0.2, -0.15) is 4.31 Å². The molecule has 226 valence electrons. The average molecular weight is 613 g/mol. The highest BCUT2D eigenvalue weighted by Gasteiger charge is 2.34. The molecule has 1 saturated heterocycles. The highest BCUT2D eigenvalue weighted by molar-refractivity contribution is 7.88. The molecule has 1 aliphatic carbocycles. The Balaban J connectivity index is 0.000000143. The maximum atomic E-state index is 12.0. The molecule has 2 aliphatic rings. The smallest absolute Gasteiger partial charge is 0.272 e. The van der Waals surface area contributed by atoms with E-state index in [9.17, 15) is 22.8 Å². The van der Waals surface area contributed by atoms with Crippen molar-refractivity contribution in [1.82, 2.24) is 28.0 Å². The zero-order valence-electron chi connectivity index (χ0n) is 24.2. The third kappa shape index (κ3) is 5.31. The Bertz CT molecular complexity index is 2290. The molecule has 2 fully saturated rings. The van der Waals surface area contributed by atoms with Crippen molar-refractivity contribution in [3.05, 3.63) is 105 Å². The largest absolute Gasteiger partial charge is 0.338 e. The van der Waals surface area contributed by atoms with Crippen molar-refractivity contribution in [2.24, 2.45) is 0 Å². The lowest BCUT2D eigenvalue weighted by molar-refractivity contribution is -0.128. The molecule has 0 unspecified atom stereocenters. The van der Waals surface area contributed by atoms with Gasteiger partial charge in [0.15, 0.2) is 0 Å². The summed E-state index contributed by atoms with van der Waals surface area (Å²) in [6, 6.07) is 19.0. The molecular formula is C32H32N6O5S. The molecule has 0 atom stereocenters. The summed E-state index contributed by atoms with van der Waals surface area (Å²) in [6.45, 7) is 1.80. The van der Waals surface area contributed by atoms with Gasteiger partial charge in [0.05, 0.1) is 28.3 Å². The molecule has 1 aliphatic heterocycles. The molecule has 1 saturated carbocycles. The van der Waals surface area contributed by atoms with Crippen molar-refractivity contribution in [2.45, 2.75) is 44.8 Å². The van der Waals surface area contributed by atoms with Gasteiger partial charge in [0.1, 0.15) is 11.0 Å². The Morgan fingerprint density at radius 2 is 1.45 bits per heavy atom. The predicted molar refractivity (Wildman–Crippen MR) is 169 cm³/mol. The molecule has 12 heteroatoms. The first-order valence-electron chi connectivity index (χ1n) is 14.6. The number of benzene rings is 2. The highest BCUT2D eigenvalue weighted by Crippen LogP contribution is 2.31. The van der Waals surface area contributed by atoms with Gasteiger partial charge in [-0.25, -0.2) is 8.42 Å². The number of aromatic nitrogens is 4. The number of carbonyl (C=O) groups excluding carboxylic acids is 1. The summed E-state index contributed by atoms with van der Waals surface area (Å²) in [5.74, 6) is 0.212. The molecule has 2 aromatic carbocycles. The maximum Gasteiger partial charge on any atom is 0.272 e. The van der Waals surface area contributed by atoms with E-state index < -0.39 is 10.0 Å². The third-order valence-corrected chi connectivity index (χ3v) is 9.64. The molecule has 4 aromatic heterocycles. The van der Waals surface area contributed by atoms with Gasteiger partial charge in [0, 0.05) is 44.5 Å². The topological polar surface area (TPSA) is 132 Å². The van der Waals surface area contributed by atoms with Crippen LogP contribution in [0.3, 0.4) is 0 Å². The van der Waals surface area contributed by atoms with Gasteiger partial charge >= 0.3 is 0 Å². The number of nitrogens with one attached hydrogen (secondary N) is 2. The number of hydrogen-bond donors (Lipinski definition) is 2. The van der Waals surface area contributed by atoms with Gasteiger partial charge in [-0.05, 0) is 78.9 Å². The quantitative estimate of drug-likeness (QED) is 0.297. The van der Waals surface area contributed by atoms with E-state index in [1.807, 2.05) is 74.6 Å². The predicted octanol–water partition coefficient (Wildman–Crippen LogP) is 3.61. The van der Waals surface area contributed by atoms with E-state index in [0.29, 0.717) is 30.5 Å². The number of nitrogens with zero attached hydrogens (tertiary/aromatic N) is 4. The lowest BCUT2D eigenvalue weighted by Crippen LogP contribution is -2.31. The van der Waals surface area contributed by atoms with Gasteiger partial charge in [0.2, 0.25) is 15.9 Å². The number of carbonyl (C=O) groups is 1. The molecule has 44 heavy (non-hydrogen) atoms. The van der Waals surface area contributed by atoms with Gasteiger partial charge in [-0.1, -0.05) is 12.1 Å². The fourth-order valence-corrected chi connectivity index (χ4v) is 7.18. The van der Waals surface area contributed by atoms with E-state index in [2.05, 4.69) is 9.97 Å². The van der Waals surface area contributed by atoms with Crippen molar-refractivity contribution < 1.29 is 13.2 Å². The Kier molecular flexibility index (Phi) is 6.90.